The second-order valence-corrected chi connectivity index (χ2v) is 11.3. The molecule has 2 aromatic carbocycles. The van der Waals surface area contributed by atoms with Crippen molar-refractivity contribution >= 4 is 12.1 Å². The topological polar surface area (TPSA) is 81.8 Å². The minimum atomic E-state index is -0.368. The highest BCUT2D eigenvalue weighted by molar-refractivity contribution is 5.77. The number of nitrogens with zero attached hydrogens (tertiary/aromatic N) is 6. The Bertz CT molecular complexity index is 1550. The molecule has 0 spiro atoms. The standard InChI is InChI=1S/C33H37F2N6O3/c1-2-41(28-5-3-15-36-30(21-28)44-23-29-6-4-20-43-29)18-16-39(17-19-41)31(42)22-40-33(25-9-13-27(35)14-10-25)37-32(38-40)24-7-11-26(34)12-8-24/h5,7-15,21,29H,2-4,6,16-20,22-23H2,1H3/q+1. The minimum Gasteiger partial charge on any atom is -0.475 e. The van der Waals surface area contributed by atoms with E-state index in [9.17, 15) is 13.6 Å². The van der Waals surface area contributed by atoms with E-state index in [4.69, 9.17) is 9.47 Å². The number of hydrogen-bond donors (Lipinski definition) is 0. The maximum Gasteiger partial charge on any atom is 0.244 e. The molecule has 230 valence electrons. The second-order valence-electron chi connectivity index (χ2n) is 11.3. The first-order chi connectivity index (χ1) is 21.4. The van der Waals surface area contributed by atoms with E-state index in [-0.39, 0.29) is 30.2 Å². The summed E-state index contributed by atoms with van der Waals surface area (Å²) in [5.74, 6) is 0.602. The van der Waals surface area contributed by atoms with Crippen molar-refractivity contribution in [1.29, 1.82) is 0 Å². The maximum atomic E-state index is 13.7. The summed E-state index contributed by atoms with van der Waals surface area (Å²) in [5.41, 5.74) is 2.40. The number of carbonyl (C=O) groups excluding carboxylic acids is 1. The van der Waals surface area contributed by atoms with Crippen LogP contribution in [0.5, 0.6) is 0 Å². The Kier molecular flexibility index (Phi) is 8.94. The summed E-state index contributed by atoms with van der Waals surface area (Å²) in [6, 6.07) is 11.8. The Hall–Kier alpha value is -4.22. The van der Waals surface area contributed by atoms with Crippen LogP contribution in [0.25, 0.3) is 22.8 Å². The highest BCUT2D eigenvalue weighted by Crippen LogP contribution is 2.28. The Morgan fingerprint density at radius 2 is 1.75 bits per heavy atom. The number of aromatic nitrogens is 3. The third-order valence-corrected chi connectivity index (χ3v) is 8.63. The first kappa shape index (κ1) is 29.8. The normalized spacial score (nSPS) is 19.8. The molecule has 3 aliphatic rings. The van der Waals surface area contributed by atoms with E-state index in [0.29, 0.717) is 48.4 Å². The number of rotatable bonds is 9. The number of ether oxygens (including phenoxy) is 2. The lowest BCUT2D eigenvalue weighted by atomic mass is 10.1. The van der Waals surface area contributed by atoms with Crippen molar-refractivity contribution in [2.45, 2.75) is 38.8 Å². The fourth-order valence-corrected chi connectivity index (χ4v) is 5.97. The molecule has 0 bridgehead atoms. The SMILES string of the molecule is CC[N+]1(C2=CCC=NC(OCC3CCCO3)=C2)CCN(C(=O)Cn2nc(-c3ccc(F)cc3)nc2-c2ccc(F)cc2)CC1. The summed E-state index contributed by atoms with van der Waals surface area (Å²) in [5, 5.41) is 4.61. The van der Waals surface area contributed by atoms with Crippen LogP contribution in [-0.2, 0) is 20.8 Å². The van der Waals surface area contributed by atoms with Gasteiger partial charge in [0.1, 0.15) is 43.6 Å². The van der Waals surface area contributed by atoms with Crippen LogP contribution in [0.3, 0.4) is 0 Å². The van der Waals surface area contributed by atoms with E-state index in [2.05, 4.69) is 28.1 Å². The van der Waals surface area contributed by atoms with Gasteiger partial charge in [0.2, 0.25) is 11.8 Å². The van der Waals surface area contributed by atoms with Gasteiger partial charge < -0.3 is 14.4 Å². The zero-order valence-electron chi connectivity index (χ0n) is 24.9. The fraction of sp³-hybridized carbons (Fsp3) is 0.394. The molecular weight excluding hydrogens is 566 g/mol. The molecule has 6 rings (SSSR count). The molecule has 0 aliphatic carbocycles. The van der Waals surface area contributed by atoms with E-state index in [0.717, 1.165) is 55.7 Å². The molecule has 2 saturated heterocycles. The quantitative estimate of drug-likeness (QED) is 0.323. The molecule has 0 radical (unpaired) electrons. The van der Waals surface area contributed by atoms with Gasteiger partial charge in [0, 0.05) is 30.4 Å². The van der Waals surface area contributed by atoms with Crippen molar-refractivity contribution in [3.63, 3.8) is 0 Å². The average Bonchev–Trinajstić information content (AvgIpc) is 3.65. The van der Waals surface area contributed by atoms with Crippen LogP contribution in [0.1, 0.15) is 26.2 Å². The smallest absolute Gasteiger partial charge is 0.244 e. The van der Waals surface area contributed by atoms with Crippen LogP contribution in [-0.4, -0.2) is 88.3 Å². The van der Waals surface area contributed by atoms with Gasteiger partial charge in [-0.15, -0.1) is 5.10 Å². The highest BCUT2D eigenvalue weighted by Gasteiger charge is 2.37. The van der Waals surface area contributed by atoms with E-state index in [1.165, 1.54) is 24.3 Å². The van der Waals surface area contributed by atoms with Crippen LogP contribution in [0, 0.1) is 11.6 Å². The molecule has 4 heterocycles. The third-order valence-electron chi connectivity index (χ3n) is 8.63. The van der Waals surface area contributed by atoms with E-state index in [1.54, 1.807) is 28.9 Å². The Morgan fingerprint density at radius 3 is 2.41 bits per heavy atom. The van der Waals surface area contributed by atoms with Crippen molar-refractivity contribution in [2.24, 2.45) is 4.99 Å². The number of carbonyl (C=O) groups is 1. The van der Waals surface area contributed by atoms with Gasteiger partial charge in [0.25, 0.3) is 0 Å². The molecule has 1 amide bonds. The van der Waals surface area contributed by atoms with Crippen molar-refractivity contribution in [2.75, 3.05) is 45.9 Å². The number of aliphatic imine (C=N–C) groups is 1. The minimum absolute atomic E-state index is 0.0231. The lowest BCUT2D eigenvalue weighted by molar-refractivity contribution is -0.891. The summed E-state index contributed by atoms with van der Waals surface area (Å²) >= 11 is 0. The van der Waals surface area contributed by atoms with Gasteiger partial charge in [-0.25, -0.2) is 23.4 Å². The summed E-state index contributed by atoms with van der Waals surface area (Å²) in [4.78, 5) is 24.7. The van der Waals surface area contributed by atoms with Gasteiger partial charge >= 0.3 is 0 Å². The number of quaternary nitrogens is 1. The molecule has 0 saturated carbocycles. The highest BCUT2D eigenvalue weighted by atomic mass is 19.1. The van der Waals surface area contributed by atoms with Gasteiger partial charge in [-0.2, -0.15) is 0 Å². The van der Waals surface area contributed by atoms with E-state index < -0.39 is 0 Å². The molecule has 3 aromatic rings. The number of halogens is 2. The van der Waals surface area contributed by atoms with Gasteiger partial charge in [-0.1, -0.05) is 0 Å². The monoisotopic (exact) mass is 603 g/mol. The lowest BCUT2D eigenvalue weighted by Crippen LogP contribution is -2.59. The van der Waals surface area contributed by atoms with Crippen molar-refractivity contribution < 1.29 is 27.5 Å². The Morgan fingerprint density at radius 1 is 1.05 bits per heavy atom. The molecule has 11 heteroatoms. The van der Waals surface area contributed by atoms with Crippen LogP contribution < -0.4 is 0 Å². The summed E-state index contributed by atoms with van der Waals surface area (Å²) in [6.07, 6.45) is 9.02. The number of benzene rings is 2. The molecular formula is C33H37F2N6O3+. The number of allylic oxidation sites excluding steroid dienone is 2. The molecule has 0 N–H and O–H groups in total. The summed E-state index contributed by atoms with van der Waals surface area (Å²) in [7, 11) is 0. The summed E-state index contributed by atoms with van der Waals surface area (Å²) in [6.45, 7) is 6.98. The predicted molar refractivity (Wildman–Crippen MR) is 162 cm³/mol. The zero-order valence-corrected chi connectivity index (χ0v) is 24.9. The van der Waals surface area contributed by atoms with Gasteiger partial charge in [0.05, 0.1) is 31.8 Å². The second kappa shape index (κ2) is 13.2. The molecule has 1 unspecified atom stereocenters. The largest absolute Gasteiger partial charge is 0.475 e. The fourth-order valence-electron chi connectivity index (χ4n) is 5.97. The van der Waals surface area contributed by atoms with E-state index >= 15 is 0 Å². The third kappa shape index (κ3) is 6.63. The van der Waals surface area contributed by atoms with Crippen molar-refractivity contribution in [3.8, 4) is 22.8 Å². The van der Waals surface area contributed by atoms with Crippen LogP contribution in [0.15, 0.2) is 77.3 Å². The summed E-state index contributed by atoms with van der Waals surface area (Å²) < 4.78 is 41.2. The van der Waals surface area contributed by atoms with Crippen molar-refractivity contribution in [1.82, 2.24) is 19.7 Å². The molecule has 1 atom stereocenters. The van der Waals surface area contributed by atoms with Gasteiger partial charge in [0.15, 0.2) is 11.6 Å². The molecule has 1 aromatic heterocycles. The first-order valence-corrected chi connectivity index (χ1v) is 15.2. The van der Waals surface area contributed by atoms with Crippen molar-refractivity contribution in [3.05, 3.63) is 83.9 Å². The number of amides is 1. The number of piperazine rings is 1. The molecule has 2 fully saturated rings. The predicted octanol–water partition coefficient (Wildman–Crippen LogP) is 4.96. The van der Waals surface area contributed by atoms with Crippen LogP contribution >= 0.6 is 0 Å². The Labute approximate surface area is 255 Å². The van der Waals surface area contributed by atoms with Crippen LogP contribution in [0.4, 0.5) is 8.78 Å². The van der Waals surface area contributed by atoms with E-state index in [1.807, 2.05) is 17.2 Å². The van der Waals surface area contributed by atoms with Crippen LogP contribution in [0.2, 0.25) is 0 Å². The number of hydrogen-bond acceptors (Lipinski definition) is 6. The molecule has 9 nitrogen and oxygen atoms in total. The molecule has 3 aliphatic heterocycles. The molecule has 44 heavy (non-hydrogen) atoms. The van der Waals surface area contributed by atoms with Gasteiger partial charge in [-0.05, 0) is 74.4 Å². The number of likely N-dealkylation sites (N-methyl/N-ethyl adjacent to an activating group) is 1. The Balaban J connectivity index is 1.16. The maximum absolute atomic E-state index is 13.7. The van der Waals surface area contributed by atoms with Gasteiger partial charge in [-0.3, -0.25) is 9.28 Å². The first-order valence-electron chi connectivity index (χ1n) is 15.2. The zero-order chi connectivity index (χ0) is 30.5. The lowest BCUT2D eigenvalue weighted by Gasteiger charge is -2.44. The average molecular weight is 604 g/mol.